The smallest absolute Gasteiger partial charge is 0.238 e. The Bertz CT molecular complexity index is 3450. The Kier molecular flexibility index (Phi) is 6.83. The van der Waals surface area contributed by atoms with Crippen molar-refractivity contribution in [2.24, 2.45) is 0 Å². The van der Waals surface area contributed by atoms with Crippen LogP contribution in [-0.4, -0.2) is 24.1 Å². The van der Waals surface area contributed by atoms with Crippen molar-refractivity contribution in [2.45, 2.75) is 0 Å². The van der Waals surface area contributed by atoms with E-state index in [0.717, 1.165) is 88.1 Å². The van der Waals surface area contributed by atoms with Gasteiger partial charge in [0.15, 0.2) is 17.2 Å². The lowest BCUT2D eigenvalue weighted by molar-refractivity contribution is 0.671. The zero-order valence-electron chi connectivity index (χ0n) is 30.5. The Morgan fingerprint density at radius 2 is 0.860 bits per heavy atom. The maximum atomic E-state index is 6.79. The molecule has 6 heteroatoms. The van der Waals surface area contributed by atoms with Crippen LogP contribution in [0.15, 0.2) is 192 Å². The lowest BCUT2D eigenvalue weighted by atomic mass is 10.0. The number of aromatic nitrogens is 5. The maximum Gasteiger partial charge on any atom is 0.238 e. The zero-order valence-corrected chi connectivity index (χ0v) is 30.5. The number of fused-ring (bicyclic) bond motifs is 10. The highest BCUT2D eigenvalue weighted by Crippen LogP contribution is 2.41. The molecule has 0 saturated heterocycles. The van der Waals surface area contributed by atoms with Crippen molar-refractivity contribution >= 4 is 65.6 Å². The summed E-state index contributed by atoms with van der Waals surface area (Å²) >= 11 is 0. The maximum absolute atomic E-state index is 6.79. The molecule has 0 aliphatic carbocycles. The molecule has 0 aliphatic rings. The molecule has 0 aliphatic heterocycles. The minimum atomic E-state index is 0.561. The molecule has 0 amide bonds. The highest BCUT2D eigenvalue weighted by atomic mass is 16.3. The Labute approximate surface area is 326 Å². The van der Waals surface area contributed by atoms with Crippen molar-refractivity contribution in [1.82, 2.24) is 24.1 Å². The summed E-state index contributed by atoms with van der Waals surface area (Å²) < 4.78 is 11.3. The predicted octanol–water partition coefficient (Wildman–Crippen LogP) is 13.0. The number of rotatable bonds is 5. The van der Waals surface area contributed by atoms with Gasteiger partial charge in [-0.2, -0.15) is 9.97 Å². The molecule has 4 aromatic heterocycles. The van der Waals surface area contributed by atoms with Crippen molar-refractivity contribution < 1.29 is 4.42 Å². The monoisotopic (exact) mass is 729 g/mol. The van der Waals surface area contributed by atoms with Gasteiger partial charge in [-0.15, -0.1) is 0 Å². The zero-order chi connectivity index (χ0) is 37.5. The lowest BCUT2D eigenvalue weighted by Crippen LogP contribution is -2.06. The number of hydrogen-bond donors (Lipinski definition) is 0. The molecule has 4 heterocycles. The largest absolute Gasteiger partial charge is 0.454 e. The summed E-state index contributed by atoms with van der Waals surface area (Å²) in [6, 6.07) is 65.5. The third-order valence-electron chi connectivity index (χ3n) is 11.2. The quantitative estimate of drug-likeness (QED) is 0.177. The molecular formula is C51H31N5O. The molecule has 0 fully saturated rings. The number of nitrogens with zero attached hydrogens (tertiary/aromatic N) is 5. The molecule has 0 unspecified atom stereocenters. The van der Waals surface area contributed by atoms with Crippen LogP contribution < -0.4 is 0 Å². The fourth-order valence-electron chi connectivity index (χ4n) is 8.57. The van der Waals surface area contributed by atoms with Gasteiger partial charge in [-0.25, -0.2) is 4.98 Å². The molecule has 0 saturated carbocycles. The summed E-state index contributed by atoms with van der Waals surface area (Å²) in [5.41, 5.74) is 11.1. The second-order valence-electron chi connectivity index (χ2n) is 14.4. The Balaban J connectivity index is 1.08. The molecule has 12 rings (SSSR count). The van der Waals surface area contributed by atoms with Gasteiger partial charge in [0.05, 0.1) is 22.1 Å². The van der Waals surface area contributed by atoms with E-state index in [1.807, 2.05) is 12.1 Å². The molecule has 266 valence electrons. The summed E-state index contributed by atoms with van der Waals surface area (Å²) in [4.78, 5) is 15.6. The van der Waals surface area contributed by atoms with Gasteiger partial charge in [-0.1, -0.05) is 133 Å². The minimum absolute atomic E-state index is 0.561. The number of para-hydroxylation sites is 4. The fourth-order valence-corrected chi connectivity index (χ4v) is 8.57. The molecule has 12 aromatic rings. The SMILES string of the molecule is c1ccc(-c2ccc(-c3nc(-c4ccc5oc6c(ccc7c8ccccc8n(-c8ccccc8)c76)c5c4)nc(-n4c5ccccc5c5ccccc54)n3)cc2)cc1. The van der Waals surface area contributed by atoms with Crippen LogP contribution in [0.25, 0.3) is 111 Å². The average molecular weight is 730 g/mol. The number of benzene rings is 8. The van der Waals surface area contributed by atoms with Crippen LogP contribution in [0, 0.1) is 0 Å². The fraction of sp³-hybridized carbons (Fsp3) is 0. The number of furan rings is 1. The average Bonchev–Trinajstić information content (AvgIpc) is 3.94. The Hall–Kier alpha value is -7.83. The second kappa shape index (κ2) is 12.3. The van der Waals surface area contributed by atoms with Crippen molar-refractivity contribution in [2.75, 3.05) is 0 Å². The van der Waals surface area contributed by atoms with E-state index < -0.39 is 0 Å². The van der Waals surface area contributed by atoms with E-state index >= 15 is 0 Å². The van der Waals surface area contributed by atoms with Crippen LogP contribution in [0.5, 0.6) is 0 Å². The molecule has 57 heavy (non-hydrogen) atoms. The first kappa shape index (κ1) is 31.5. The van der Waals surface area contributed by atoms with Crippen LogP contribution >= 0.6 is 0 Å². The van der Waals surface area contributed by atoms with Gasteiger partial charge < -0.3 is 8.98 Å². The molecule has 8 aromatic carbocycles. The van der Waals surface area contributed by atoms with Crippen molar-refractivity contribution in [1.29, 1.82) is 0 Å². The van der Waals surface area contributed by atoms with E-state index in [0.29, 0.717) is 17.6 Å². The Morgan fingerprint density at radius 1 is 0.351 bits per heavy atom. The van der Waals surface area contributed by atoms with Gasteiger partial charge in [-0.05, 0) is 65.7 Å². The normalized spacial score (nSPS) is 11.9. The van der Waals surface area contributed by atoms with Crippen molar-refractivity contribution in [3.05, 3.63) is 188 Å². The molecule has 6 nitrogen and oxygen atoms in total. The van der Waals surface area contributed by atoms with Crippen LogP contribution in [-0.2, 0) is 0 Å². The van der Waals surface area contributed by atoms with Gasteiger partial charge in [0.25, 0.3) is 0 Å². The first-order valence-electron chi connectivity index (χ1n) is 19.1. The highest BCUT2D eigenvalue weighted by Gasteiger charge is 2.21. The van der Waals surface area contributed by atoms with Crippen molar-refractivity contribution in [3.63, 3.8) is 0 Å². The van der Waals surface area contributed by atoms with Crippen LogP contribution in [0.2, 0.25) is 0 Å². The molecule has 0 spiro atoms. The second-order valence-corrected chi connectivity index (χ2v) is 14.4. The van der Waals surface area contributed by atoms with Gasteiger partial charge in [0.1, 0.15) is 5.58 Å². The van der Waals surface area contributed by atoms with Gasteiger partial charge >= 0.3 is 0 Å². The summed E-state index contributed by atoms with van der Waals surface area (Å²) in [5, 5.41) is 6.67. The third-order valence-corrected chi connectivity index (χ3v) is 11.2. The minimum Gasteiger partial charge on any atom is -0.454 e. The standard InChI is InChI=1S/C51H31N5O/c1-3-13-32(14-4-1)33-23-25-34(26-24-33)49-52-50(54-51(53-49)56-44-21-11-7-17-37(44)38-18-8-12-22-45(38)56)35-27-30-46-42(31-35)41-29-28-40-39-19-9-10-20-43(39)55(47(40)48(41)57-46)36-15-5-2-6-16-36/h1-31H. The van der Waals surface area contributed by atoms with E-state index in [4.69, 9.17) is 19.4 Å². The van der Waals surface area contributed by atoms with Gasteiger partial charge in [-0.3, -0.25) is 4.57 Å². The first-order chi connectivity index (χ1) is 28.3. The van der Waals surface area contributed by atoms with Crippen LogP contribution in [0.4, 0.5) is 0 Å². The molecular weight excluding hydrogens is 699 g/mol. The Morgan fingerprint density at radius 3 is 1.54 bits per heavy atom. The molecule has 0 N–H and O–H groups in total. The molecule has 0 radical (unpaired) electrons. The summed E-state index contributed by atoms with van der Waals surface area (Å²) in [6.07, 6.45) is 0. The number of hydrogen-bond acceptors (Lipinski definition) is 4. The first-order valence-corrected chi connectivity index (χ1v) is 19.1. The van der Waals surface area contributed by atoms with E-state index in [1.165, 1.54) is 5.39 Å². The highest BCUT2D eigenvalue weighted by molar-refractivity contribution is 6.21. The molecule has 0 bridgehead atoms. The van der Waals surface area contributed by atoms with Crippen LogP contribution in [0.3, 0.4) is 0 Å². The van der Waals surface area contributed by atoms with E-state index in [-0.39, 0.29) is 0 Å². The van der Waals surface area contributed by atoms with E-state index in [1.54, 1.807) is 0 Å². The summed E-state index contributed by atoms with van der Waals surface area (Å²) in [7, 11) is 0. The summed E-state index contributed by atoms with van der Waals surface area (Å²) in [5.74, 6) is 1.74. The van der Waals surface area contributed by atoms with Gasteiger partial charge in [0, 0.05) is 49.1 Å². The predicted molar refractivity (Wildman–Crippen MR) is 232 cm³/mol. The third kappa shape index (κ3) is 4.87. The van der Waals surface area contributed by atoms with E-state index in [2.05, 4.69) is 185 Å². The van der Waals surface area contributed by atoms with Crippen molar-refractivity contribution in [3.8, 4) is 45.5 Å². The summed E-state index contributed by atoms with van der Waals surface area (Å²) in [6.45, 7) is 0. The van der Waals surface area contributed by atoms with E-state index in [9.17, 15) is 0 Å². The van der Waals surface area contributed by atoms with Gasteiger partial charge in [0.2, 0.25) is 5.95 Å². The van der Waals surface area contributed by atoms with Crippen LogP contribution in [0.1, 0.15) is 0 Å². The molecule has 0 atom stereocenters. The topological polar surface area (TPSA) is 61.7 Å². The lowest BCUT2D eigenvalue weighted by Gasteiger charge is -2.11.